The summed E-state index contributed by atoms with van der Waals surface area (Å²) in [5.74, 6) is -0.0459. The Balaban J connectivity index is 1.89. The summed E-state index contributed by atoms with van der Waals surface area (Å²) < 4.78 is 1.74. The fourth-order valence-corrected chi connectivity index (χ4v) is 2.61. The van der Waals surface area contributed by atoms with Gasteiger partial charge in [-0.1, -0.05) is 42.1 Å². The first-order chi connectivity index (χ1) is 10.6. The second-order valence-corrected chi connectivity index (χ2v) is 5.88. The molecule has 6 nitrogen and oxygen atoms in total. The smallest absolute Gasteiger partial charge is 0.231 e. The predicted octanol–water partition coefficient (Wildman–Crippen LogP) is 1.22. The normalized spacial score (nSPS) is 11.9. The van der Waals surface area contributed by atoms with E-state index < -0.39 is 6.04 Å². The van der Waals surface area contributed by atoms with Crippen molar-refractivity contribution < 1.29 is 9.59 Å². The topological polar surface area (TPSA) is 76.9 Å². The maximum atomic E-state index is 12.0. The summed E-state index contributed by atoms with van der Waals surface area (Å²) in [6.07, 6.45) is 2.07. The van der Waals surface area contributed by atoms with Gasteiger partial charge >= 0.3 is 0 Å². The second-order valence-electron chi connectivity index (χ2n) is 4.93. The van der Waals surface area contributed by atoms with Crippen LogP contribution in [0.15, 0.2) is 41.8 Å². The number of carbonyl (C=O) groups is 2. The van der Waals surface area contributed by atoms with Crippen LogP contribution in [0, 0.1) is 0 Å². The van der Waals surface area contributed by atoms with E-state index in [1.165, 1.54) is 18.7 Å². The van der Waals surface area contributed by atoms with E-state index in [0.717, 1.165) is 5.56 Å². The van der Waals surface area contributed by atoms with Crippen LogP contribution in [0.1, 0.15) is 12.5 Å². The van der Waals surface area contributed by atoms with E-state index in [1.54, 1.807) is 10.9 Å². The predicted molar refractivity (Wildman–Crippen MR) is 84.5 cm³/mol. The maximum absolute atomic E-state index is 12.0. The lowest BCUT2D eigenvalue weighted by Gasteiger charge is -2.15. The summed E-state index contributed by atoms with van der Waals surface area (Å²) in [5, 5.41) is 11.1. The Kier molecular flexibility index (Phi) is 5.71. The number of thioether (sulfide) groups is 1. The van der Waals surface area contributed by atoms with Gasteiger partial charge in [-0.15, -0.1) is 10.2 Å². The molecule has 0 radical (unpaired) electrons. The van der Waals surface area contributed by atoms with Crippen LogP contribution in [-0.4, -0.2) is 38.2 Å². The Labute approximate surface area is 133 Å². The standard InChI is InChI=1S/C15H18N4O2S/c1-11(20)13(8-12-6-4-3-5-7-12)17-14(21)9-22-15-18-16-10-19(15)2/h3-7,10,13H,8-9H2,1-2H3,(H,17,21)/t13-/m1/s1. The van der Waals surface area contributed by atoms with Gasteiger partial charge in [0.05, 0.1) is 11.8 Å². The van der Waals surface area contributed by atoms with Gasteiger partial charge in [0.2, 0.25) is 5.91 Å². The number of benzene rings is 1. The van der Waals surface area contributed by atoms with Crippen LogP contribution in [0.3, 0.4) is 0 Å². The molecular weight excluding hydrogens is 300 g/mol. The molecule has 22 heavy (non-hydrogen) atoms. The number of Topliss-reactive ketones (excluding diaryl/α,β-unsaturated/α-hetero) is 1. The van der Waals surface area contributed by atoms with Crippen LogP contribution in [0.25, 0.3) is 0 Å². The van der Waals surface area contributed by atoms with Gasteiger partial charge in [-0.2, -0.15) is 0 Å². The molecule has 2 aromatic rings. The van der Waals surface area contributed by atoms with Crippen LogP contribution >= 0.6 is 11.8 Å². The largest absolute Gasteiger partial charge is 0.345 e. The van der Waals surface area contributed by atoms with Crippen molar-refractivity contribution in [3.8, 4) is 0 Å². The third-order valence-electron chi connectivity index (χ3n) is 3.11. The summed E-state index contributed by atoms with van der Waals surface area (Å²) >= 11 is 1.29. The Morgan fingerprint density at radius 2 is 2.05 bits per heavy atom. The Morgan fingerprint density at radius 3 is 2.64 bits per heavy atom. The molecule has 1 aromatic heterocycles. The van der Waals surface area contributed by atoms with Crippen molar-refractivity contribution in [3.05, 3.63) is 42.2 Å². The van der Waals surface area contributed by atoms with Crippen molar-refractivity contribution in [1.29, 1.82) is 0 Å². The molecule has 116 valence electrons. The number of hydrogen-bond donors (Lipinski definition) is 1. The zero-order chi connectivity index (χ0) is 15.9. The first-order valence-corrected chi connectivity index (χ1v) is 7.85. The molecule has 0 unspecified atom stereocenters. The minimum atomic E-state index is -0.505. The van der Waals surface area contributed by atoms with Crippen LogP contribution in [0.2, 0.25) is 0 Å². The molecule has 0 spiro atoms. The van der Waals surface area contributed by atoms with Crippen molar-refractivity contribution in [2.45, 2.75) is 24.5 Å². The first-order valence-electron chi connectivity index (χ1n) is 6.87. The van der Waals surface area contributed by atoms with Crippen molar-refractivity contribution in [1.82, 2.24) is 20.1 Å². The van der Waals surface area contributed by atoms with Gasteiger partial charge in [-0.05, 0) is 18.9 Å². The van der Waals surface area contributed by atoms with E-state index in [4.69, 9.17) is 0 Å². The summed E-state index contributed by atoms with van der Waals surface area (Å²) in [6, 6.07) is 9.13. The number of ketones is 1. The number of aromatic nitrogens is 3. The molecule has 0 aliphatic heterocycles. The quantitative estimate of drug-likeness (QED) is 0.777. The van der Waals surface area contributed by atoms with Gasteiger partial charge in [0, 0.05) is 7.05 Å². The Hall–Kier alpha value is -2.15. The van der Waals surface area contributed by atoms with E-state index in [0.29, 0.717) is 11.6 Å². The molecule has 0 fully saturated rings. The van der Waals surface area contributed by atoms with E-state index in [1.807, 2.05) is 37.4 Å². The highest BCUT2D eigenvalue weighted by molar-refractivity contribution is 7.99. The number of hydrogen-bond acceptors (Lipinski definition) is 5. The maximum Gasteiger partial charge on any atom is 0.231 e. The molecule has 0 saturated carbocycles. The van der Waals surface area contributed by atoms with Crippen molar-refractivity contribution >= 4 is 23.5 Å². The fraction of sp³-hybridized carbons (Fsp3) is 0.333. The first kappa shape index (κ1) is 16.2. The lowest BCUT2D eigenvalue weighted by Crippen LogP contribution is -2.42. The highest BCUT2D eigenvalue weighted by atomic mass is 32.2. The average molecular weight is 318 g/mol. The van der Waals surface area contributed by atoms with E-state index >= 15 is 0 Å². The minimum absolute atomic E-state index is 0.0548. The number of aryl methyl sites for hydroxylation is 1. The van der Waals surface area contributed by atoms with Crippen molar-refractivity contribution in [2.75, 3.05) is 5.75 Å². The van der Waals surface area contributed by atoms with E-state index in [9.17, 15) is 9.59 Å². The lowest BCUT2D eigenvalue weighted by molar-refractivity contribution is -0.125. The molecule has 0 saturated heterocycles. The number of nitrogens with one attached hydrogen (secondary N) is 1. The third-order valence-corrected chi connectivity index (χ3v) is 4.15. The molecule has 0 bridgehead atoms. The summed E-state index contributed by atoms with van der Waals surface area (Å²) in [6.45, 7) is 1.49. The van der Waals surface area contributed by atoms with Gasteiger partial charge in [0.1, 0.15) is 6.33 Å². The highest BCUT2D eigenvalue weighted by Gasteiger charge is 2.18. The molecule has 1 amide bonds. The highest BCUT2D eigenvalue weighted by Crippen LogP contribution is 2.13. The second kappa shape index (κ2) is 7.74. The number of nitrogens with zero attached hydrogens (tertiary/aromatic N) is 3. The number of carbonyl (C=O) groups excluding carboxylic acids is 2. The van der Waals surface area contributed by atoms with Crippen LogP contribution < -0.4 is 5.32 Å². The van der Waals surface area contributed by atoms with Gasteiger partial charge in [0.15, 0.2) is 10.9 Å². The summed E-state index contributed by atoms with van der Waals surface area (Å²) in [5.41, 5.74) is 1.02. The van der Waals surface area contributed by atoms with E-state index in [-0.39, 0.29) is 17.4 Å². The van der Waals surface area contributed by atoms with Gasteiger partial charge in [-0.3, -0.25) is 9.59 Å². The van der Waals surface area contributed by atoms with Gasteiger partial charge in [0.25, 0.3) is 0 Å². The Bertz CT molecular complexity index is 642. The fourth-order valence-electron chi connectivity index (χ4n) is 1.92. The number of rotatable bonds is 7. The Morgan fingerprint density at radius 1 is 1.32 bits per heavy atom. The van der Waals surface area contributed by atoms with Crippen molar-refractivity contribution in [3.63, 3.8) is 0 Å². The number of amides is 1. The monoisotopic (exact) mass is 318 g/mol. The molecule has 1 heterocycles. The third kappa shape index (κ3) is 4.70. The van der Waals surface area contributed by atoms with E-state index in [2.05, 4.69) is 15.5 Å². The zero-order valence-corrected chi connectivity index (χ0v) is 13.3. The molecule has 1 atom stereocenters. The average Bonchev–Trinajstić information content (AvgIpc) is 2.91. The summed E-state index contributed by atoms with van der Waals surface area (Å²) in [7, 11) is 1.81. The van der Waals surface area contributed by atoms with Gasteiger partial charge < -0.3 is 9.88 Å². The molecular formula is C15H18N4O2S. The van der Waals surface area contributed by atoms with Crippen molar-refractivity contribution in [2.24, 2.45) is 7.05 Å². The SMILES string of the molecule is CC(=O)[C@@H](Cc1ccccc1)NC(=O)CSc1nncn1C. The molecule has 1 aromatic carbocycles. The minimum Gasteiger partial charge on any atom is -0.345 e. The van der Waals surface area contributed by atoms with Crippen LogP contribution in [0.5, 0.6) is 0 Å². The molecule has 0 aliphatic rings. The molecule has 2 rings (SSSR count). The molecule has 0 aliphatic carbocycles. The summed E-state index contributed by atoms with van der Waals surface area (Å²) in [4.78, 5) is 23.7. The lowest BCUT2D eigenvalue weighted by atomic mass is 10.0. The molecule has 7 heteroatoms. The van der Waals surface area contributed by atoms with Crippen LogP contribution in [-0.2, 0) is 23.1 Å². The molecule has 1 N–H and O–H groups in total. The van der Waals surface area contributed by atoms with Crippen LogP contribution in [0.4, 0.5) is 0 Å². The van der Waals surface area contributed by atoms with Gasteiger partial charge in [-0.25, -0.2) is 0 Å². The zero-order valence-electron chi connectivity index (χ0n) is 12.5.